The molecular weight excluding hydrogens is 350 g/mol. The molecule has 0 bridgehead atoms. The number of nitrogens with one attached hydrogen (secondary N) is 1. The molecule has 2 aromatic rings. The Bertz CT molecular complexity index is 838. The van der Waals surface area contributed by atoms with Crippen molar-refractivity contribution in [1.29, 1.82) is 0 Å². The summed E-state index contributed by atoms with van der Waals surface area (Å²) in [4.78, 5) is 28.9. The highest BCUT2D eigenvalue weighted by Gasteiger charge is 2.27. The van der Waals surface area contributed by atoms with Crippen LogP contribution in [0.25, 0.3) is 11.2 Å². The van der Waals surface area contributed by atoms with Crippen molar-refractivity contribution in [3.63, 3.8) is 0 Å². The highest BCUT2D eigenvalue weighted by atomic mass is 16.1. The third kappa shape index (κ3) is 3.96. The minimum atomic E-state index is 0.142. The van der Waals surface area contributed by atoms with E-state index in [2.05, 4.69) is 40.1 Å². The molecule has 3 heterocycles. The number of rotatable bonds is 5. The lowest BCUT2D eigenvalue weighted by atomic mass is 9.95. The fourth-order valence-corrected chi connectivity index (χ4v) is 4.53. The SMILES string of the molecule is CCc1nc2cc(N3CCC(C(=O)NC4CCCC4)CC3)cnc2nc1CC. The summed E-state index contributed by atoms with van der Waals surface area (Å²) in [6.45, 7) is 6.00. The van der Waals surface area contributed by atoms with Crippen LogP contribution < -0.4 is 10.2 Å². The lowest BCUT2D eigenvalue weighted by molar-refractivity contribution is -0.126. The molecule has 2 aliphatic rings. The zero-order valence-electron chi connectivity index (χ0n) is 17.1. The summed E-state index contributed by atoms with van der Waals surface area (Å²) >= 11 is 0. The van der Waals surface area contributed by atoms with E-state index >= 15 is 0 Å². The number of aryl methyl sites for hydroxylation is 2. The Kier molecular flexibility index (Phi) is 5.74. The van der Waals surface area contributed by atoms with E-state index in [1.54, 1.807) is 0 Å². The molecule has 2 fully saturated rings. The molecule has 6 nitrogen and oxygen atoms in total. The number of anilines is 1. The van der Waals surface area contributed by atoms with Gasteiger partial charge in [-0.3, -0.25) is 4.79 Å². The van der Waals surface area contributed by atoms with Gasteiger partial charge in [0.05, 0.1) is 23.3 Å². The van der Waals surface area contributed by atoms with E-state index in [4.69, 9.17) is 4.98 Å². The van der Waals surface area contributed by atoms with Gasteiger partial charge in [0, 0.05) is 25.0 Å². The molecule has 1 saturated heterocycles. The predicted octanol–water partition coefficient (Wildman–Crippen LogP) is 3.42. The van der Waals surface area contributed by atoms with E-state index in [-0.39, 0.29) is 11.8 Å². The van der Waals surface area contributed by atoms with Crippen LogP contribution in [-0.2, 0) is 17.6 Å². The Balaban J connectivity index is 1.42. The first-order valence-corrected chi connectivity index (χ1v) is 10.9. The van der Waals surface area contributed by atoms with Gasteiger partial charge in [-0.1, -0.05) is 26.7 Å². The number of fused-ring (bicyclic) bond motifs is 1. The zero-order valence-corrected chi connectivity index (χ0v) is 17.1. The van der Waals surface area contributed by atoms with Crippen molar-refractivity contribution < 1.29 is 4.79 Å². The number of aromatic nitrogens is 3. The molecule has 6 heteroatoms. The van der Waals surface area contributed by atoms with E-state index in [9.17, 15) is 4.79 Å². The first-order valence-electron chi connectivity index (χ1n) is 10.9. The van der Waals surface area contributed by atoms with Crippen LogP contribution in [-0.4, -0.2) is 40.0 Å². The molecule has 0 aromatic carbocycles. The van der Waals surface area contributed by atoms with Gasteiger partial charge in [-0.05, 0) is 44.6 Å². The van der Waals surface area contributed by atoms with Crippen LogP contribution in [0.3, 0.4) is 0 Å². The molecule has 28 heavy (non-hydrogen) atoms. The van der Waals surface area contributed by atoms with E-state index < -0.39 is 0 Å². The summed E-state index contributed by atoms with van der Waals surface area (Å²) in [5.41, 5.74) is 4.79. The summed E-state index contributed by atoms with van der Waals surface area (Å²) < 4.78 is 0. The van der Waals surface area contributed by atoms with Gasteiger partial charge in [0.2, 0.25) is 5.91 Å². The lowest BCUT2D eigenvalue weighted by Crippen LogP contribution is -2.43. The third-order valence-electron chi connectivity index (χ3n) is 6.26. The van der Waals surface area contributed by atoms with E-state index in [0.29, 0.717) is 6.04 Å². The number of carbonyl (C=O) groups is 1. The standard InChI is InChI=1S/C22H31N5O/c1-3-18-19(4-2)26-21-20(25-18)13-17(14-23-21)27-11-9-15(10-12-27)22(28)24-16-7-5-6-8-16/h13-16H,3-12H2,1-2H3,(H,24,28). The van der Waals surface area contributed by atoms with Crippen LogP contribution in [0, 0.1) is 5.92 Å². The van der Waals surface area contributed by atoms with Crippen molar-refractivity contribution in [2.24, 2.45) is 5.92 Å². The Labute approximate surface area is 167 Å². The molecular formula is C22H31N5O. The quantitative estimate of drug-likeness (QED) is 0.859. The average Bonchev–Trinajstić information content (AvgIpc) is 3.25. The Morgan fingerprint density at radius 2 is 1.75 bits per heavy atom. The average molecular weight is 382 g/mol. The second-order valence-corrected chi connectivity index (χ2v) is 8.11. The highest BCUT2D eigenvalue weighted by Crippen LogP contribution is 2.26. The highest BCUT2D eigenvalue weighted by molar-refractivity contribution is 5.79. The fourth-order valence-electron chi connectivity index (χ4n) is 4.53. The molecule has 0 unspecified atom stereocenters. The van der Waals surface area contributed by atoms with Gasteiger partial charge in [-0.15, -0.1) is 0 Å². The maximum Gasteiger partial charge on any atom is 0.223 e. The number of pyridine rings is 1. The minimum absolute atomic E-state index is 0.142. The topological polar surface area (TPSA) is 71.0 Å². The molecule has 1 saturated carbocycles. The number of amides is 1. The van der Waals surface area contributed by atoms with E-state index in [0.717, 1.165) is 79.9 Å². The fraction of sp³-hybridized carbons (Fsp3) is 0.636. The molecule has 1 aliphatic heterocycles. The molecule has 0 atom stereocenters. The van der Waals surface area contributed by atoms with Gasteiger partial charge in [-0.25, -0.2) is 15.0 Å². The van der Waals surface area contributed by atoms with Crippen molar-refractivity contribution in [3.8, 4) is 0 Å². The van der Waals surface area contributed by atoms with Crippen LogP contribution in [0.1, 0.15) is 63.8 Å². The number of hydrogen-bond donors (Lipinski definition) is 1. The summed E-state index contributed by atoms with van der Waals surface area (Å²) in [6, 6.07) is 2.52. The Morgan fingerprint density at radius 3 is 2.43 bits per heavy atom. The molecule has 0 radical (unpaired) electrons. The smallest absolute Gasteiger partial charge is 0.223 e. The maximum absolute atomic E-state index is 12.5. The predicted molar refractivity (Wildman–Crippen MR) is 111 cm³/mol. The van der Waals surface area contributed by atoms with Crippen molar-refractivity contribution >= 4 is 22.8 Å². The van der Waals surface area contributed by atoms with Crippen LogP contribution >= 0.6 is 0 Å². The largest absolute Gasteiger partial charge is 0.370 e. The van der Waals surface area contributed by atoms with Gasteiger partial charge in [-0.2, -0.15) is 0 Å². The van der Waals surface area contributed by atoms with Gasteiger partial charge in [0.1, 0.15) is 5.52 Å². The first-order chi connectivity index (χ1) is 13.7. The van der Waals surface area contributed by atoms with Crippen molar-refractivity contribution in [1.82, 2.24) is 20.3 Å². The molecule has 150 valence electrons. The van der Waals surface area contributed by atoms with Crippen molar-refractivity contribution in [2.45, 2.75) is 71.3 Å². The summed E-state index contributed by atoms with van der Waals surface area (Å²) in [5, 5.41) is 3.26. The third-order valence-corrected chi connectivity index (χ3v) is 6.26. The summed E-state index contributed by atoms with van der Waals surface area (Å²) in [7, 11) is 0. The monoisotopic (exact) mass is 381 g/mol. The van der Waals surface area contributed by atoms with Crippen molar-refractivity contribution in [2.75, 3.05) is 18.0 Å². The van der Waals surface area contributed by atoms with Crippen LogP contribution in [0.4, 0.5) is 5.69 Å². The summed E-state index contributed by atoms with van der Waals surface area (Å²) in [6.07, 6.45) is 10.3. The zero-order chi connectivity index (χ0) is 19.5. The Morgan fingerprint density at radius 1 is 1.07 bits per heavy atom. The molecule has 2 aromatic heterocycles. The van der Waals surface area contributed by atoms with E-state index in [1.165, 1.54) is 12.8 Å². The molecule has 0 spiro atoms. The van der Waals surface area contributed by atoms with Gasteiger partial charge < -0.3 is 10.2 Å². The van der Waals surface area contributed by atoms with E-state index in [1.807, 2.05) is 6.20 Å². The molecule has 4 rings (SSSR count). The number of carbonyl (C=O) groups excluding carboxylic acids is 1. The number of piperidine rings is 1. The summed E-state index contributed by atoms with van der Waals surface area (Å²) in [5.74, 6) is 0.401. The van der Waals surface area contributed by atoms with Gasteiger partial charge >= 0.3 is 0 Å². The first kappa shape index (κ1) is 19.1. The van der Waals surface area contributed by atoms with Gasteiger partial charge in [0.25, 0.3) is 0 Å². The minimum Gasteiger partial charge on any atom is -0.370 e. The Hall–Kier alpha value is -2.24. The lowest BCUT2D eigenvalue weighted by Gasteiger charge is -2.33. The number of hydrogen-bond acceptors (Lipinski definition) is 5. The van der Waals surface area contributed by atoms with Crippen molar-refractivity contribution in [3.05, 3.63) is 23.7 Å². The van der Waals surface area contributed by atoms with Crippen LogP contribution in [0.5, 0.6) is 0 Å². The van der Waals surface area contributed by atoms with Crippen LogP contribution in [0.2, 0.25) is 0 Å². The number of nitrogens with zero attached hydrogens (tertiary/aromatic N) is 4. The molecule has 1 aliphatic carbocycles. The normalized spacial score (nSPS) is 18.7. The second kappa shape index (κ2) is 8.41. The second-order valence-electron chi connectivity index (χ2n) is 8.11. The maximum atomic E-state index is 12.5. The molecule has 1 N–H and O–H groups in total. The molecule has 1 amide bonds. The van der Waals surface area contributed by atoms with Gasteiger partial charge in [0.15, 0.2) is 5.65 Å². The van der Waals surface area contributed by atoms with Crippen LogP contribution in [0.15, 0.2) is 12.3 Å².